The number of ether oxygens (including phenoxy) is 1. The number of nitrogens with zero attached hydrogens (tertiary/aromatic N) is 3. The van der Waals surface area contributed by atoms with Gasteiger partial charge in [-0.05, 0) is 23.8 Å². The van der Waals surface area contributed by atoms with Gasteiger partial charge in [-0.1, -0.05) is 68.1 Å². The van der Waals surface area contributed by atoms with Crippen LogP contribution >= 0.6 is 11.8 Å². The number of benzene rings is 2. The average Bonchev–Trinajstić information content (AvgIpc) is 2.85. The maximum Gasteiger partial charge on any atom is 0.247 e. The molecular formula is C20H20N4OS. The summed E-state index contributed by atoms with van der Waals surface area (Å²) in [5.74, 6) is 1.40. The molecule has 0 saturated heterocycles. The number of nitrogens with one attached hydrogen (secondary N) is 1. The molecule has 2 heterocycles. The van der Waals surface area contributed by atoms with E-state index in [1.807, 2.05) is 24.3 Å². The molecule has 0 unspecified atom stereocenters. The third kappa shape index (κ3) is 3.24. The zero-order chi connectivity index (χ0) is 17.9. The lowest BCUT2D eigenvalue weighted by Gasteiger charge is -2.19. The van der Waals surface area contributed by atoms with Gasteiger partial charge in [0.2, 0.25) is 11.0 Å². The fourth-order valence-corrected chi connectivity index (χ4v) is 3.42. The summed E-state index contributed by atoms with van der Waals surface area (Å²) in [5.41, 5.74) is 4.93. The third-order valence-corrected chi connectivity index (χ3v) is 5.02. The van der Waals surface area contributed by atoms with Crippen molar-refractivity contribution in [3.05, 3.63) is 59.7 Å². The zero-order valence-corrected chi connectivity index (χ0v) is 15.6. The summed E-state index contributed by atoms with van der Waals surface area (Å²) in [6.45, 7) is 4.22. The molecule has 1 aromatic heterocycles. The molecule has 1 N–H and O–H groups in total. The molecule has 5 nitrogen and oxygen atoms in total. The molecule has 132 valence electrons. The topological polar surface area (TPSA) is 59.9 Å². The second-order valence-corrected chi connectivity index (χ2v) is 7.20. The molecule has 0 aliphatic carbocycles. The van der Waals surface area contributed by atoms with E-state index in [0.29, 0.717) is 16.7 Å². The summed E-state index contributed by atoms with van der Waals surface area (Å²) in [7, 11) is 0. The van der Waals surface area contributed by atoms with E-state index < -0.39 is 0 Å². The van der Waals surface area contributed by atoms with Crippen LogP contribution in [0.3, 0.4) is 0 Å². The second-order valence-electron chi connectivity index (χ2n) is 5.96. The van der Waals surface area contributed by atoms with E-state index in [1.165, 1.54) is 5.56 Å². The van der Waals surface area contributed by atoms with Crippen molar-refractivity contribution >= 4 is 17.4 Å². The van der Waals surface area contributed by atoms with E-state index in [-0.39, 0.29) is 6.23 Å². The largest absolute Gasteiger partial charge is 0.448 e. The molecule has 2 aromatic carbocycles. The maximum absolute atomic E-state index is 6.25. The normalized spacial score (nSPS) is 15.2. The molecule has 6 heteroatoms. The van der Waals surface area contributed by atoms with Gasteiger partial charge in [-0.2, -0.15) is 4.98 Å². The molecular weight excluding hydrogens is 344 g/mol. The highest BCUT2D eigenvalue weighted by molar-refractivity contribution is 7.99. The highest BCUT2D eigenvalue weighted by atomic mass is 32.2. The Morgan fingerprint density at radius 1 is 1.04 bits per heavy atom. The summed E-state index contributed by atoms with van der Waals surface area (Å²) >= 11 is 1.55. The van der Waals surface area contributed by atoms with Gasteiger partial charge in [-0.25, -0.2) is 0 Å². The van der Waals surface area contributed by atoms with Gasteiger partial charge in [0.15, 0.2) is 11.9 Å². The highest BCUT2D eigenvalue weighted by Crippen LogP contribution is 2.39. The van der Waals surface area contributed by atoms with Crippen LogP contribution in [-0.4, -0.2) is 20.9 Å². The molecule has 1 aliphatic heterocycles. The summed E-state index contributed by atoms with van der Waals surface area (Å²) in [5, 5.41) is 12.7. The number of aromatic nitrogens is 3. The predicted molar refractivity (Wildman–Crippen MR) is 104 cm³/mol. The van der Waals surface area contributed by atoms with Gasteiger partial charge in [-0.3, -0.25) is 0 Å². The molecule has 0 saturated carbocycles. The van der Waals surface area contributed by atoms with Gasteiger partial charge in [-0.15, -0.1) is 10.2 Å². The Kier molecular flexibility index (Phi) is 4.75. The van der Waals surface area contributed by atoms with E-state index in [9.17, 15) is 0 Å². The second kappa shape index (κ2) is 7.33. The first-order chi connectivity index (χ1) is 12.8. The van der Waals surface area contributed by atoms with Crippen LogP contribution in [0.4, 0.5) is 5.69 Å². The number of anilines is 1. The van der Waals surface area contributed by atoms with Gasteiger partial charge < -0.3 is 10.1 Å². The minimum absolute atomic E-state index is 0.334. The van der Waals surface area contributed by atoms with Crippen LogP contribution in [0.1, 0.15) is 31.2 Å². The minimum atomic E-state index is -0.334. The summed E-state index contributed by atoms with van der Waals surface area (Å²) in [4.78, 5) is 4.60. The lowest BCUT2D eigenvalue weighted by molar-refractivity contribution is 0.225. The number of fused-ring (bicyclic) bond motifs is 3. The van der Waals surface area contributed by atoms with Crippen LogP contribution in [0.15, 0.2) is 53.7 Å². The fraction of sp³-hybridized carbons (Fsp3) is 0.250. The molecule has 1 atom stereocenters. The van der Waals surface area contributed by atoms with Crippen molar-refractivity contribution in [3.63, 3.8) is 0 Å². The Bertz CT molecular complexity index is 914. The number of hydrogen-bond acceptors (Lipinski definition) is 6. The minimum Gasteiger partial charge on any atom is -0.448 e. The number of aryl methyl sites for hydroxylation is 1. The molecule has 26 heavy (non-hydrogen) atoms. The van der Waals surface area contributed by atoms with Crippen LogP contribution in [-0.2, 0) is 6.42 Å². The Morgan fingerprint density at radius 2 is 1.85 bits per heavy atom. The molecule has 4 rings (SSSR count). The van der Waals surface area contributed by atoms with Gasteiger partial charge in [0.1, 0.15) is 0 Å². The van der Waals surface area contributed by atoms with Crippen molar-refractivity contribution in [2.75, 3.05) is 11.1 Å². The molecule has 0 spiro atoms. The summed E-state index contributed by atoms with van der Waals surface area (Å²) in [6, 6.07) is 16.5. The van der Waals surface area contributed by atoms with Crippen LogP contribution in [0.2, 0.25) is 0 Å². The molecule has 0 bridgehead atoms. The van der Waals surface area contributed by atoms with Crippen LogP contribution < -0.4 is 10.1 Å². The predicted octanol–water partition coefficient (Wildman–Crippen LogP) is 4.72. The van der Waals surface area contributed by atoms with Crippen molar-refractivity contribution in [1.82, 2.24) is 15.2 Å². The van der Waals surface area contributed by atoms with Crippen molar-refractivity contribution in [3.8, 4) is 17.1 Å². The molecule has 1 aliphatic rings. The Morgan fingerprint density at radius 3 is 2.62 bits per heavy atom. The van der Waals surface area contributed by atoms with Gasteiger partial charge in [0.25, 0.3) is 0 Å². The number of thioether (sulfide) groups is 1. The van der Waals surface area contributed by atoms with E-state index in [2.05, 4.69) is 58.6 Å². The number of para-hydroxylation sites is 1. The van der Waals surface area contributed by atoms with E-state index in [4.69, 9.17) is 4.74 Å². The van der Waals surface area contributed by atoms with E-state index in [0.717, 1.165) is 29.0 Å². The quantitative estimate of drug-likeness (QED) is 0.676. The van der Waals surface area contributed by atoms with E-state index >= 15 is 0 Å². The molecule has 3 aromatic rings. The first-order valence-corrected chi connectivity index (χ1v) is 9.76. The van der Waals surface area contributed by atoms with Crippen LogP contribution in [0, 0.1) is 0 Å². The lowest BCUT2D eigenvalue weighted by atomic mass is 10.1. The Hall–Kier alpha value is -2.60. The molecule has 0 radical (unpaired) electrons. The highest BCUT2D eigenvalue weighted by Gasteiger charge is 2.25. The van der Waals surface area contributed by atoms with Crippen LogP contribution in [0.5, 0.6) is 5.88 Å². The Balaban J connectivity index is 1.79. The third-order valence-electron chi connectivity index (χ3n) is 4.30. The van der Waals surface area contributed by atoms with Gasteiger partial charge >= 0.3 is 0 Å². The summed E-state index contributed by atoms with van der Waals surface area (Å²) < 4.78 is 6.25. The van der Waals surface area contributed by atoms with Gasteiger partial charge in [0.05, 0.1) is 0 Å². The monoisotopic (exact) mass is 364 g/mol. The first-order valence-electron chi connectivity index (χ1n) is 8.77. The van der Waals surface area contributed by atoms with Crippen LogP contribution in [0.25, 0.3) is 11.3 Å². The smallest absolute Gasteiger partial charge is 0.247 e. The molecule has 0 fully saturated rings. The zero-order valence-electron chi connectivity index (χ0n) is 14.8. The Labute approximate surface area is 157 Å². The van der Waals surface area contributed by atoms with E-state index in [1.54, 1.807) is 11.8 Å². The number of hydrogen-bond donors (Lipinski definition) is 1. The fourth-order valence-electron chi connectivity index (χ4n) is 2.92. The van der Waals surface area contributed by atoms with Crippen molar-refractivity contribution in [1.29, 1.82) is 0 Å². The first kappa shape index (κ1) is 16.8. The van der Waals surface area contributed by atoms with Gasteiger partial charge in [0, 0.05) is 16.8 Å². The van der Waals surface area contributed by atoms with Crippen molar-refractivity contribution in [2.45, 2.75) is 31.7 Å². The SMILES string of the molecule is CCSc1nnc2c(n1)O[C@H](c1ccc(CC)cc1)Nc1ccccc1-2. The lowest BCUT2D eigenvalue weighted by Crippen LogP contribution is -2.17. The maximum atomic E-state index is 6.25. The summed E-state index contributed by atoms with van der Waals surface area (Å²) in [6.07, 6.45) is 0.680. The number of rotatable bonds is 4. The molecule has 0 amide bonds. The van der Waals surface area contributed by atoms with Crippen molar-refractivity contribution < 1.29 is 4.74 Å². The van der Waals surface area contributed by atoms with Crippen molar-refractivity contribution in [2.24, 2.45) is 0 Å². The standard InChI is InChI=1S/C20H20N4OS/c1-3-13-9-11-14(12-10-13)18-21-16-8-6-5-7-15(16)17-19(25-18)22-20(24-23-17)26-4-2/h5-12,18,21H,3-4H2,1-2H3/t18-/m1/s1. The average molecular weight is 364 g/mol.